The summed E-state index contributed by atoms with van der Waals surface area (Å²) in [5.41, 5.74) is 1.47. The molecular weight excluding hydrogens is 430 g/mol. The van der Waals surface area contributed by atoms with Crippen LogP contribution in [0.3, 0.4) is 0 Å². The number of nitrogens with zero attached hydrogens (tertiary/aromatic N) is 7. The topological polar surface area (TPSA) is 93.2 Å². The van der Waals surface area contributed by atoms with Gasteiger partial charge in [-0.2, -0.15) is 9.97 Å². The average molecular weight is 438 g/mol. The highest BCUT2D eigenvalue weighted by Gasteiger charge is 2.31. The molecule has 4 heterocycles. The second-order valence-corrected chi connectivity index (χ2v) is 8.12. The van der Waals surface area contributed by atoms with Gasteiger partial charge in [-0.25, -0.2) is 4.40 Å². The van der Waals surface area contributed by atoms with E-state index in [9.17, 15) is 10.2 Å². The largest absolute Gasteiger partial charge is 1.00 e. The van der Waals surface area contributed by atoms with E-state index in [4.69, 9.17) is 0 Å². The van der Waals surface area contributed by atoms with E-state index in [0.717, 1.165) is 20.4 Å². The fraction of sp³-hybridized carbons (Fsp3) is 0. The van der Waals surface area contributed by atoms with Crippen LogP contribution in [0.2, 0.25) is 0 Å². The van der Waals surface area contributed by atoms with Gasteiger partial charge in [0, 0.05) is 4.98 Å². The third kappa shape index (κ3) is 2.39. The van der Waals surface area contributed by atoms with Crippen LogP contribution in [0.1, 0.15) is 0 Å². The van der Waals surface area contributed by atoms with Crippen LogP contribution in [0, 0.1) is 5.39 Å². The van der Waals surface area contributed by atoms with Crippen molar-refractivity contribution < 1.29 is 12.4 Å². The van der Waals surface area contributed by atoms with Gasteiger partial charge in [-0.1, -0.05) is 52.0 Å². The molecule has 0 radical (unpaired) electrons. The van der Waals surface area contributed by atoms with Crippen molar-refractivity contribution in [2.24, 2.45) is 0 Å². The molecule has 11 heteroatoms. The van der Waals surface area contributed by atoms with Crippen molar-refractivity contribution in [2.75, 3.05) is 0 Å². The Hall–Kier alpha value is -3.39. The zero-order valence-corrected chi connectivity index (χ0v) is 16.7. The number of diazo groups is 1. The first kappa shape index (κ1) is 17.7. The van der Waals surface area contributed by atoms with Gasteiger partial charge in [-0.3, -0.25) is 4.79 Å². The molecule has 8 nitrogen and oxygen atoms in total. The lowest BCUT2D eigenvalue weighted by Gasteiger charge is -1.92. The standard InChI is InChI=1S/C18H8N7OS2.ClH/c19-22-15-13-14(23-25(15)18-20-9-5-1-3-7-11(9)27-18)21-17-24(16(13)26)10-6-2-4-8-12(10)28-17;/h1-8H;1H/q+1;/p-1. The number of hydrogen-bond acceptors (Lipinski definition) is 7. The van der Waals surface area contributed by atoms with Crippen molar-refractivity contribution in [3.05, 3.63) is 63.9 Å². The molecule has 0 aliphatic rings. The maximum Gasteiger partial charge on any atom is 0.468 e. The van der Waals surface area contributed by atoms with Crippen LogP contribution < -0.4 is 18.0 Å². The molecule has 0 aliphatic heterocycles. The number of rotatable bonds is 1. The molecule has 0 atom stereocenters. The van der Waals surface area contributed by atoms with Gasteiger partial charge in [0.1, 0.15) is 0 Å². The third-order valence-corrected chi connectivity index (χ3v) is 6.55. The lowest BCUT2D eigenvalue weighted by Crippen LogP contribution is -3.00. The Balaban J connectivity index is 0.00000181. The van der Waals surface area contributed by atoms with Gasteiger partial charge < -0.3 is 12.4 Å². The van der Waals surface area contributed by atoms with Crippen molar-refractivity contribution in [1.29, 1.82) is 5.39 Å². The first-order valence-electron chi connectivity index (χ1n) is 8.28. The maximum absolute atomic E-state index is 13.2. The van der Waals surface area contributed by atoms with E-state index >= 15 is 0 Å². The van der Waals surface area contributed by atoms with Crippen molar-refractivity contribution in [1.82, 2.24) is 24.1 Å². The molecule has 0 saturated heterocycles. The minimum Gasteiger partial charge on any atom is -1.00 e. The minimum atomic E-state index is -0.322. The van der Waals surface area contributed by atoms with Crippen LogP contribution in [0.4, 0.5) is 5.82 Å². The van der Waals surface area contributed by atoms with Gasteiger partial charge in [0.05, 0.1) is 25.8 Å². The van der Waals surface area contributed by atoms with E-state index in [-0.39, 0.29) is 34.8 Å². The van der Waals surface area contributed by atoms with Crippen molar-refractivity contribution in [2.45, 2.75) is 0 Å². The molecule has 0 fully saturated rings. The molecule has 29 heavy (non-hydrogen) atoms. The Morgan fingerprint density at radius 1 is 0.966 bits per heavy atom. The van der Waals surface area contributed by atoms with E-state index in [1.807, 2.05) is 48.5 Å². The van der Waals surface area contributed by atoms with Crippen LogP contribution in [0.25, 0.3) is 46.5 Å². The van der Waals surface area contributed by atoms with E-state index in [2.05, 4.69) is 20.0 Å². The summed E-state index contributed by atoms with van der Waals surface area (Å²) in [6.07, 6.45) is 0. The molecular formula is C18H8ClN7OS2. The summed E-state index contributed by atoms with van der Waals surface area (Å²) in [6.45, 7) is 0. The summed E-state index contributed by atoms with van der Waals surface area (Å²) in [5.74, 6) is 0.0243. The Morgan fingerprint density at radius 2 is 1.72 bits per heavy atom. The summed E-state index contributed by atoms with van der Waals surface area (Å²) in [4.78, 5) is 26.2. The Kier molecular flexibility index (Phi) is 3.85. The first-order chi connectivity index (χ1) is 13.7. The summed E-state index contributed by atoms with van der Waals surface area (Å²) in [7, 11) is 0. The smallest absolute Gasteiger partial charge is 0.468 e. The zero-order valence-electron chi connectivity index (χ0n) is 14.4. The molecule has 0 aliphatic carbocycles. The Bertz CT molecular complexity index is 1640. The number of benzene rings is 2. The fourth-order valence-electron chi connectivity index (χ4n) is 3.29. The van der Waals surface area contributed by atoms with Gasteiger partial charge in [-0.15, -0.1) is 0 Å². The van der Waals surface area contributed by atoms with Crippen molar-refractivity contribution in [3.8, 4) is 5.13 Å². The zero-order chi connectivity index (χ0) is 18.8. The quantitative estimate of drug-likeness (QED) is 0.362. The molecule has 6 aromatic rings. The van der Waals surface area contributed by atoms with Crippen molar-refractivity contribution in [3.63, 3.8) is 0 Å². The lowest BCUT2D eigenvalue weighted by molar-refractivity contribution is -0.00000571. The number of para-hydroxylation sites is 2. The number of hydrogen-bond donors (Lipinski definition) is 0. The molecule has 0 unspecified atom stereocenters. The first-order valence-corrected chi connectivity index (χ1v) is 9.92. The van der Waals surface area contributed by atoms with E-state index in [0.29, 0.717) is 10.1 Å². The predicted octanol–water partition coefficient (Wildman–Crippen LogP) is 1.35. The van der Waals surface area contributed by atoms with Crippen LogP contribution in [-0.2, 0) is 0 Å². The van der Waals surface area contributed by atoms with Crippen LogP contribution in [0.15, 0.2) is 53.3 Å². The monoisotopic (exact) mass is 437 g/mol. The normalized spacial score (nSPS) is 11.3. The van der Waals surface area contributed by atoms with Gasteiger partial charge in [-0.05, 0) is 28.9 Å². The average Bonchev–Trinajstić information content (AvgIpc) is 3.40. The third-order valence-electron chi connectivity index (χ3n) is 4.52. The molecule has 0 bridgehead atoms. The molecule has 2 aromatic carbocycles. The highest BCUT2D eigenvalue weighted by Crippen LogP contribution is 2.32. The summed E-state index contributed by atoms with van der Waals surface area (Å²) in [5, 5.41) is 14.8. The summed E-state index contributed by atoms with van der Waals surface area (Å²) >= 11 is 2.80. The minimum absolute atomic E-state index is 0. The maximum atomic E-state index is 13.2. The van der Waals surface area contributed by atoms with Crippen LogP contribution >= 0.6 is 22.7 Å². The number of thiazole rings is 2. The molecule has 4 aromatic heterocycles. The Morgan fingerprint density at radius 3 is 2.52 bits per heavy atom. The molecule has 0 saturated carbocycles. The second-order valence-electron chi connectivity index (χ2n) is 6.10. The number of aromatic nitrogens is 5. The van der Waals surface area contributed by atoms with Gasteiger partial charge in [0.15, 0.2) is 4.96 Å². The number of fused-ring (bicyclic) bond motifs is 5. The van der Waals surface area contributed by atoms with E-state index in [1.165, 1.54) is 31.8 Å². The highest BCUT2D eigenvalue weighted by atomic mass is 35.5. The van der Waals surface area contributed by atoms with E-state index in [1.54, 1.807) is 0 Å². The second kappa shape index (κ2) is 6.31. The Labute approximate surface area is 175 Å². The summed E-state index contributed by atoms with van der Waals surface area (Å²) in [6, 6.07) is 15.2. The highest BCUT2D eigenvalue weighted by molar-refractivity contribution is 7.23. The molecule has 6 rings (SSSR count). The summed E-state index contributed by atoms with van der Waals surface area (Å²) < 4.78 is 4.82. The fourth-order valence-corrected chi connectivity index (χ4v) is 5.22. The SMILES string of the molecule is N#[N+]c1c2c(=O)n3c(nc2nn1-c1nc2ccccc2s1)sc1ccccc13.[Cl-]. The number of halogens is 1. The van der Waals surface area contributed by atoms with Crippen LogP contribution in [0.5, 0.6) is 0 Å². The molecule has 0 amide bonds. The van der Waals surface area contributed by atoms with Gasteiger partial charge in [0.2, 0.25) is 11.0 Å². The van der Waals surface area contributed by atoms with Crippen molar-refractivity contribution >= 4 is 64.9 Å². The van der Waals surface area contributed by atoms with Gasteiger partial charge >= 0.3 is 10.9 Å². The molecule has 0 spiro atoms. The molecule has 140 valence electrons. The predicted molar refractivity (Wildman–Crippen MR) is 109 cm³/mol. The van der Waals surface area contributed by atoms with E-state index < -0.39 is 0 Å². The van der Waals surface area contributed by atoms with Crippen LogP contribution in [-0.4, -0.2) is 24.1 Å². The van der Waals surface area contributed by atoms with Gasteiger partial charge in [0.25, 0.3) is 5.56 Å². The lowest BCUT2D eigenvalue weighted by atomic mass is 10.3. The molecule has 0 N–H and O–H groups in total.